The van der Waals surface area contributed by atoms with E-state index in [1.165, 1.54) is 0 Å². The van der Waals surface area contributed by atoms with Crippen molar-refractivity contribution in [1.82, 2.24) is 5.32 Å². The zero-order chi connectivity index (χ0) is 20.2. The Labute approximate surface area is 172 Å². The van der Waals surface area contributed by atoms with Gasteiger partial charge < -0.3 is 15.5 Å². The van der Waals surface area contributed by atoms with E-state index in [1.807, 2.05) is 55.5 Å². The maximum absolute atomic E-state index is 12.9. The lowest BCUT2D eigenvalue weighted by Gasteiger charge is -2.22. The van der Waals surface area contributed by atoms with Gasteiger partial charge in [-0.2, -0.15) is 0 Å². The second kappa shape index (κ2) is 8.68. The second-order valence-corrected chi connectivity index (χ2v) is 8.03. The molecule has 2 amide bonds. The van der Waals surface area contributed by atoms with Crippen molar-refractivity contribution in [2.45, 2.75) is 51.0 Å². The van der Waals surface area contributed by atoms with Crippen molar-refractivity contribution in [3.05, 3.63) is 59.7 Å². The molecular formula is C24H29N3O2. The number of carbonyl (C=O) groups is 2. The van der Waals surface area contributed by atoms with Gasteiger partial charge in [0.25, 0.3) is 5.91 Å². The summed E-state index contributed by atoms with van der Waals surface area (Å²) in [7, 11) is 0. The fourth-order valence-electron chi connectivity index (χ4n) is 4.01. The monoisotopic (exact) mass is 391 g/mol. The zero-order valence-corrected chi connectivity index (χ0v) is 17.0. The molecule has 1 saturated heterocycles. The number of anilines is 2. The van der Waals surface area contributed by atoms with Crippen LogP contribution in [0.3, 0.4) is 0 Å². The largest absolute Gasteiger partial charge is 0.371 e. The minimum Gasteiger partial charge on any atom is -0.371 e. The molecule has 0 spiro atoms. The van der Waals surface area contributed by atoms with E-state index in [0.717, 1.165) is 56.4 Å². The Morgan fingerprint density at radius 2 is 1.79 bits per heavy atom. The molecule has 0 bridgehead atoms. The average Bonchev–Trinajstić information content (AvgIpc) is 3.38. The molecule has 2 aliphatic rings. The Morgan fingerprint density at radius 1 is 1.07 bits per heavy atom. The molecule has 152 valence electrons. The fourth-order valence-corrected chi connectivity index (χ4v) is 4.01. The molecule has 0 aromatic heterocycles. The number of amides is 2. The van der Waals surface area contributed by atoms with E-state index >= 15 is 0 Å². The number of nitrogens with zero attached hydrogens (tertiary/aromatic N) is 1. The Balaban J connectivity index is 1.56. The van der Waals surface area contributed by atoms with E-state index < -0.39 is 0 Å². The number of carbonyl (C=O) groups excluding carboxylic acids is 2. The highest BCUT2D eigenvalue weighted by atomic mass is 16.2. The average molecular weight is 392 g/mol. The smallest absolute Gasteiger partial charge is 0.253 e. The molecule has 1 atom stereocenters. The summed E-state index contributed by atoms with van der Waals surface area (Å²) in [4.78, 5) is 28.1. The molecule has 0 radical (unpaired) electrons. The third kappa shape index (κ3) is 4.61. The van der Waals surface area contributed by atoms with Gasteiger partial charge in [0.05, 0.1) is 11.5 Å². The molecule has 1 aliphatic heterocycles. The van der Waals surface area contributed by atoms with Crippen LogP contribution < -0.4 is 15.5 Å². The highest BCUT2D eigenvalue weighted by Gasteiger charge is 2.27. The Morgan fingerprint density at radius 3 is 2.45 bits per heavy atom. The first-order chi connectivity index (χ1) is 14.2. The molecule has 1 unspecified atom stereocenters. The first kappa shape index (κ1) is 19.5. The highest BCUT2D eigenvalue weighted by molar-refractivity contribution is 6.03. The first-order valence-electron chi connectivity index (χ1n) is 10.7. The Kier molecular flexibility index (Phi) is 5.84. The van der Waals surface area contributed by atoms with Crippen LogP contribution >= 0.6 is 0 Å². The Hall–Kier alpha value is -2.82. The van der Waals surface area contributed by atoms with Gasteiger partial charge in [0.1, 0.15) is 0 Å². The van der Waals surface area contributed by atoms with E-state index in [1.54, 1.807) is 0 Å². The van der Waals surface area contributed by atoms with Crippen LogP contribution in [0.2, 0.25) is 0 Å². The minimum atomic E-state index is -0.210. The van der Waals surface area contributed by atoms with Gasteiger partial charge in [0.2, 0.25) is 5.91 Å². The fraction of sp³-hybridized carbons (Fsp3) is 0.417. The summed E-state index contributed by atoms with van der Waals surface area (Å²) >= 11 is 0. The van der Waals surface area contributed by atoms with E-state index in [4.69, 9.17) is 0 Å². The number of benzene rings is 2. The van der Waals surface area contributed by atoms with Crippen LogP contribution in [0.1, 0.15) is 60.9 Å². The molecule has 2 aromatic rings. The standard InChI is InChI=1S/C24H29N3O2/c1-2-20(17-8-4-3-5-9-17)23(28)26-19-12-13-22(27-14-6-7-15-27)21(16-19)24(29)25-18-10-11-18/h3-5,8-9,12-13,16,18,20H,2,6-7,10-11,14-15H2,1H3,(H,25,29)(H,26,28). The van der Waals surface area contributed by atoms with E-state index in [9.17, 15) is 9.59 Å². The molecule has 29 heavy (non-hydrogen) atoms. The normalized spacial score (nSPS) is 17.1. The number of nitrogens with one attached hydrogen (secondary N) is 2. The summed E-state index contributed by atoms with van der Waals surface area (Å²) in [6.45, 7) is 3.96. The van der Waals surface area contributed by atoms with Gasteiger partial charge in [-0.25, -0.2) is 0 Å². The molecule has 1 aliphatic carbocycles. The summed E-state index contributed by atoms with van der Waals surface area (Å²) in [5.74, 6) is -0.292. The van der Waals surface area contributed by atoms with Crippen molar-refractivity contribution < 1.29 is 9.59 Å². The van der Waals surface area contributed by atoms with Gasteiger partial charge in [-0.05, 0) is 55.9 Å². The first-order valence-corrected chi connectivity index (χ1v) is 10.7. The lowest BCUT2D eigenvalue weighted by Crippen LogP contribution is -2.29. The van der Waals surface area contributed by atoms with Crippen LogP contribution in [0.5, 0.6) is 0 Å². The lowest BCUT2D eigenvalue weighted by molar-refractivity contribution is -0.117. The van der Waals surface area contributed by atoms with E-state index in [0.29, 0.717) is 17.3 Å². The Bertz CT molecular complexity index is 871. The van der Waals surface area contributed by atoms with Crippen LogP contribution in [-0.2, 0) is 4.79 Å². The third-order valence-electron chi connectivity index (χ3n) is 5.79. The van der Waals surface area contributed by atoms with Crippen LogP contribution in [-0.4, -0.2) is 30.9 Å². The molecule has 1 heterocycles. The molecule has 5 nitrogen and oxygen atoms in total. The van der Waals surface area contributed by atoms with Crippen molar-refractivity contribution >= 4 is 23.2 Å². The van der Waals surface area contributed by atoms with Crippen molar-refractivity contribution in [3.8, 4) is 0 Å². The van der Waals surface area contributed by atoms with Crippen LogP contribution in [0.25, 0.3) is 0 Å². The summed E-state index contributed by atoms with van der Waals surface area (Å²) in [5.41, 5.74) is 3.30. The van der Waals surface area contributed by atoms with Crippen LogP contribution in [0.4, 0.5) is 11.4 Å². The lowest BCUT2D eigenvalue weighted by atomic mass is 9.95. The maximum atomic E-state index is 12.9. The van der Waals surface area contributed by atoms with Gasteiger partial charge in [-0.3, -0.25) is 9.59 Å². The van der Waals surface area contributed by atoms with Crippen molar-refractivity contribution in [3.63, 3.8) is 0 Å². The molecule has 2 fully saturated rings. The molecule has 5 heteroatoms. The van der Waals surface area contributed by atoms with Gasteiger partial charge >= 0.3 is 0 Å². The van der Waals surface area contributed by atoms with Gasteiger partial charge in [-0.1, -0.05) is 37.3 Å². The van der Waals surface area contributed by atoms with Crippen LogP contribution in [0.15, 0.2) is 48.5 Å². The summed E-state index contributed by atoms with van der Waals surface area (Å²) in [5, 5.41) is 6.13. The molecule has 2 aromatic carbocycles. The summed E-state index contributed by atoms with van der Waals surface area (Å²) in [6.07, 6.45) is 5.12. The van der Waals surface area contributed by atoms with Crippen LogP contribution in [0, 0.1) is 0 Å². The molecular weight excluding hydrogens is 362 g/mol. The summed E-state index contributed by atoms with van der Waals surface area (Å²) in [6, 6.07) is 15.9. The van der Waals surface area contributed by atoms with E-state index in [2.05, 4.69) is 15.5 Å². The van der Waals surface area contributed by atoms with Gasteiger partial charge in [0.15, 0.2) is 0 Å². The topological polar surface area (TPSA) is 61.4 Å². The van der Waals surface area contributed by atoms with Crippen molar-refractivity contribution in [2.75, 3.05) is 23.3 Å². The predicted molar refractivity (Wildman–Crippen MR) is 116 cm³/mol. The number of rotatable bonds is 7. The molecule has 1 saturated carbocycles. The summed E-state index contributed by atoms with van der Waals surface area (Å²) < 4.78 is 0. The minimum absolute atomic E-state index is 0.0406. The SMILES string of the molecule is CCC(C(=O)Nc1ccc(N2CCCC2)c(C(=O)NC2CC2)c1)c1ccccc1. The predicted octanol–water partition coefficient (Wildman–Crippen LogP) is 4.31. The molecule has 4 rings (SSSR count). The number of hydrogen-bond acceptors (Lipinski definition) is 3. The zero-order valence-electron chi connectivity index (χ0n) is 17.0. The number of hydrogen-bond donors (Lipinski definition) is 2. The quantitative estimate of drug-likeness (QED) is 0.739. The van der Waals surface area contributed by atoms with Crippen molar-refractivity contribution in [2.24, 2.45) is 0 Å². The van der Waals surface area contributed by atoms with E-state index in [-0.39, 0.29) is 17.7 Å². The van der Waals surface area contributed by atoms with Gasteiger partial charge in [0, 0.05) is 30.5 Å². The van der Waals surface area contributed by atoms with Gasteiger partial charge in [-0.15, -0.1) is 0 Å². The highest BCUT2D eigenvalue weighted by Crippen LogP contribution is 2.30. The third-order valence-corrected chi connectivity index (χ3v) is 5.79. The molecule has 2 N–H and O–H groups in total. The van der Waals surface area contributed by atoms with Crippen molar-refractivity contribution in [1.29, 1.82) is 0 Å². The maximum Gasteiger partial charge on any atom is 0.253 e. The second-order valence-electron chi connectivity index (χ2n) is 8.03.